The van der Waals surface area contributed by atoms with Gasteiger partial charge in [0.05, 0.1) is 6.54 Å². The summed E-state index contributed by atoms with van der Waals surface area (Å²) in [5, 5.41) is 22.3. The molecule has 1 rings (SSSR count). The second-order valence-electron chi connectivity index (χ2n) is 5.67. The number of benzene rings is 1. The zero-order chi connectivity index (χ0) is 16.8. The third-order valence-electron chi connectivity index (χ3n) is 3.22. The second-order valence-corrected chi connectivity index (χ2v) is 5.67. The topological polar surface area (TPSA) is 110 Å². The number of carbonyl (C=O) groups is 2. The first-order valence-electron chi connectivity index (χ1n) is 6.96. The zero-order valence-electron chi connectivity index (χ0n) is 12.7. The van der Waals surface area contributed by atoms with Crippen LogP contribution in [0.2, 0.25) is 0 Å². The molecular weight excluding hydrogens is 288 g/mol. The molecule has 0 heterocycles. The van der Waals surface area contributed by atoms with Gasteiger partial charge in [-0.15, -0.1) is 0 Å². The van der Waals surface area contributed by atoms with Crippen molar-refractivity contribution in [3.63, 3.8) is 0 Å². The van der Waals surface area contributed by atoms with Crippen LogP contribution < -0.4 is 5.32 Å². The predicted octanol–water partition coefficient (Wildman–Crippen LogP) is 2.59. The Morgan fingerprint density at radius 2 is 1.82 bits per heavy atom. The first-order chi connectivity index (χ1) is 10.2. The zero-order valence-corrected chi connectivity index (χ0v) is 12.7. The van der Waals surface area contributed by atoms with E-state index in [9.17, 15) is 19.7 Å². The number of carboxylic acids is 1. The van der Waals surface area contributed by atoms with Crippen molar-refractivity contribution >= 4 is 17.4 Å². The molecule has 1 aromatic rings. The van der Waals surface area contributed by atoms with E-state index in [0.717, 1.165) is 0 Å². The van der Waals surface area contributed by atoms with Crippen molar-refractivity contribution in [2.75, 3.05) is 11.9 Å². The number of Topliss-reactive ketones (excluding diaryl/α,β-unsaturated/α-hetero) is 1. The van der Waals surface area contributed by atoms with Crippen LogP contribution in [-0.2, 0) is 4.79 Å². The Balaban J connectivity index is 2.54. The summed E-state index contributed by atoms with van der Waals surface area (Å²) in [5.74, 6) is -1.03. The van der Waals surface area contributed by atoms with Crippen molar-refractivity contribution in [3.8, 4) is 0 Å². The van der Waals surface area contributed by atoms with Gasteiger partial charge in [0.25, 0.3) is 0 Å². The molecule has 7 heteroatoms. The Labute approximate surface area is 128 Å². The van der Waals surface area contributed by atoms with Gasteiger partial charge in [0.1, 0.15) is 0 Å². The van der Waals surface area contributed by atoms with Crippen LogP contribution >= 0.6 is 0 Å². The molecule has 2 N–H and O–H groups in total. The number of hydrogen-bond donors (Lipinski definition) is 2. The highest BCUT2D eigenvalue weighted by molar-refractivity contribution is 5.96. The Bertz CT molecular complexity index is 552. The molecule has 0 aliphatic carbocycles. The van der Waals surface area contributed by atoms with Crippen LogP contribution in [-0.4, -0.2) is 33.9 Å². The highest BCUT2D eigenvalue weighted by Gasteiger charge is 2.30. The van der Waals surface area contributed by atoms with Gasteiger partial charge >= 0.3 is 5.97 Å². The maximum atomic E-state index is 11.8. The lowest BCUT2D eigenvalue weighted by atomic mass is 10.0. The Hall–Kier alpha value is -2.44. The van der Waals surface area contributed by atoms with Crippen molar-refractivity contribution < 1.29 is 19.6 Å². The summed E-state index contributed by atoms with van der Waals surface area (Å²) in [6.07, 6.45) is 0.472. The average molecular weight is 308 g/mol. The standard InChI is InChI=1S/C15H20N2O5/c1-15(2,17(21)22)10-16-12-8-6-11(7-9-12)13(18)4-3-5-14(19)20/h6-9,16H,3-5,10H2,1-2H3,(H,19,20). The van der Waals surface area contributed by atoms with E-state index in [-0.39, 0.29) is 30.1 Å². The summed E-state index contributed by atoms with van der Waals surface area (Å²) in [7, 11) is 0. The molecule has 0 atom stereocenters. The van der Waals surface area contributed by atoms with Crippen LogP contribution in [0.5, 0.6) is 0 Å². The number of nitro groups is 1. The normalized spacial score (nSPS) is 11.0. The van der Waals surface area contributed by atoms with Crippen molar-refractivity contribution in [1.82, 2.24) is 0 Å². The number of nitrogens with zero attached hydrogens (tertiary/aromatic N) is 1. The summed E-state index contributed by atoms with van der Waals surface area (Å²) in [6.45, 7) is 3.23. The third kappa shape index (κ3) is 5.51. The lowest BCUT2D eigenvalue weighted by Crippen LogP contribution is -2.38. The van der Waals surface area contributed by atoms with Gasteiger partial charge in [-0.2, -0.15) is 0 Å². The minimum Gasteiger partial charge on any atom is -0.481 e. The van der Waals surface area contributed by atoms with Crippen LogP contribution in [0.15, 0.2) is 24.3 Å². The van der Waals surface area contributed by atoms with E-state index in [1.54, 1.807) is 24.3 Å². The van der Waals surface area contributed by atoms with Crippen LogP contribution in [0.25, 0.3) is 0 Å². The molecule has 0 unspecified atom stereocenters. The first kappa shape index (κ1) is 17.6. The number of ketones is 1. The number of carboxylic acid groups (broad SMARTS) is 1. The van der Waals surface area contributed by atoms with Gasteiger partial charge in [-0.3, -0.25) is 19.7 Å². The molecule has 22 heavy (non-hydrogen) atoms. The number of rotatable bonds is 9. The SMILES string of the molecule is CC(C)(CNc1ccc(C(=O)CCCC(=O)O)cc1)[N+](=O)[O-]. The van der Waals surface area contributed by atoms with Crippen molar-refractivity contribution in [2.24, 2.45) is 0 Å². The second kappa shape index (κ2) is 7.53. The largest absolute Gasteiger partial charge is 0.481 e. The maximum Gasteiger partial charge on any atom is 0.303 e. The fourth-order valence-corrected chi connectivity index (χ4v) is 1.70. The van der Waals surface area contributed by atoms with Gasteiger partial charge in [0.2, 0.25) is 5.54 Å². The lowest BCUT2D eigenvalue weighted by molar-refractivity contribution is -0.556. The molecule has 120 valence electrons. The van der Waals surface area contributed by atoms with Crippen molar-refractivity contribution in [2.45, 2.75) is 38.6 Å². The van der Waals surface area contributed by atoms with E-state index in [2.05, 4.69) is 5.32 Å². The number of aliphatic carboxylic acids is 1. The summed E-state index contributed by atoms with van der Waals surface area (Å²) in [5.41, 5.74) is 0.118. The summed E-state index contributed by atoms with van der Waals surface area (Å²) in [6, 6.07) is 6.62. The fourth-order valence-electron chi connectivity index (χ4n) is 1.70. The average Bonchev–Trinajstić information content (AvgIpc) is 2.45. The Morgan fingerprint density at radius 1 is 1.23 bits per heavy atom. The molecule has 0 fully saturated rings. The Kier molecular flexibility index (Phi) is 6.03. The summed E-state index contributed by atoms with van der Waals surface area (Å²) < 4.78 is 0. The van der Waals surface area contributed by atoms with E-state index in [1.165, 1.54) is 13.8 Å². The molecule has 0 saturated heterocycles. The molecule has 0 aromatic heterocycles. The highest BCUT2D eigenvalue weighted by atomic mass is 16.6. The van der Waals surface area contributed by atoms with E-state index in [0.29, 0.717) is 17.7 Å². The van der Waals surface area contributed by atoms with Gasteiger partial charge in [-0.05, 0) is 30.7 Å². The minimum absolute atomic E-state index is 0.0264. The molecule has 7 nitrogen and oxygen atoms in total. The quantitative estimate of drug-likeness (QED) is 0.412. The molecule has 0 spiro atoms. The first-order valence-corrected chi connectivity index (χ1v) is 6.96. The van der Waals surface area contributed by atoms with Crippen LogP contribution in [0.1, 0.15) is 43.5 Å². The van der Waals surface area contributed by atoms with Gasteiger partial charge < -0.3 is 10.4 Å². The smallest absolute Gasteiger partial charge is 0.303 e. The number of carbonyl (C=O) groups excluding carboxylic acids is 1. The fraction of sp³-hybridized carbons (Fsp3) is 0.467. The molecule has 1 aromatic carbocycles. The molecule has 0 radical (unpaired) electrons. The highest BCUT2D eigenvalue weighted by Crippen LogP contribution is 2.15. The molecular formula is C15H20N2O5. The molecule has 0 aliphatic heterocycles. The Morgan fingerprint density at radius 3 is 2.32 bits per heavy atom. The summed E-state index contributed by atoms with van der Waals surface area (Å²) >= 11 is 0. The number of nitrogens with one attached hydrogen (secondary N) is 1. The van der Waals surface area contributed by atoms with Crippen molar-refractivity contribution in [3.05, 3.63) is 39.9 Å². The lowest BCUT2D eigenvalue weighted by Gasteiger charge is -2.17. The van der Waals surface area contributed by atoms with E-state index in [1.807, 2.05) is 0 Å². The van der Waals surface area contributed by atoms with E-state index >= 15 is 0 Å². The third-order valence-corrected chi connectivity index (χ3v) is 3.22. The molecule has 0 amide bonds. The van der Waals surface area contributed by atoms with E-state index < -0.39 is 11.5 Å². The molecule has 0 aliphatic rings. The van der Waals surface area contributed by atoms with Crippen LogP contribution in [0.4, 0.5) is 5.69 Å². The van der Waals surface area contributed by atoms with Gasteiger partial charge in [-0.25, -0.2) is 0 Å². The van der Waals surface area contributed by atoms with Gasteiger partial charge in [-0.1, -0.05) is 0 Å². The van der Waals surface area contributed by atoms with Crippen LogP contribution in [0, 0.1) is 10.1 Å². The van der Waals surface area contributed by atoms with E-state index in [4.69, 9.17) is 5.11 Å². The van der Waals surface area contributed by atoms with Gasteiger partial charge in [0, 0.05) is 42.9 Å². The van der Waals surface area contributed by atoms with Crippen LogP contribution in [0.3, 0.4) is 0 Å². The number of anilines is 1. The minimum atomic E-state index is -1.08. The predicted molar refractivity (Wildman–Crippen MR) is 81.8 cm³/mol. The summed E-state index contributed by atoms with van der Waals surface area (Å²) in [4.78, 5) is 32.7. The van der Waals surface area contributed by atoms with Gasteiger partial charge in [0.15, 0.2) is 5.78 Å². The molecule has 0 bridgehead atoms. The van der Waals surface area contributed by atoms with Crippen molar-refractivity contribution in [1.29, 1.82) is 0 Å². The number of hydrogen-bond acceptors (Lipinski definition) is 5. The monoisotopic (exact) mass is 308 g/mol. The molecule has 0 saturated carbocycles. The maximum absolute atomic E-state index is 11.8.